The lowest BCUT2D eigenvalue weighted by atomic mass is 9.82. The standard InChI is InChI=1S/C19H27FN2O5Si/c1-10-16(28(3,4)20)15(7-8-23)27-19(10)13-9-12(21-17(25)11(2)24)5-6-14(13)22-18(19)26/h5-6,9-11,15-16,23-24H,7-8H2,1-4H3,(H,21,25)(H,22,26)/t10-,11+,15+,16-,19+/m1/s1. The van der Waals surface area contributed by atoms with Gasteiger partial charge in [0.15, 0.2) is 5.60 Å². The minimum absolute atomic E-state index is 0.159. The summed E-state index contributed by atoms with van der Waals surface area (Å²) in [6.07, 6.45) is -1.50. The van der Waals surface area contributed by atoms with Gasteiger partial charge < -0.3 is 29.7 Å². The first-order valence-corrected chi connectivity index (χ1v) is 12.4. The molecule has 0 saturated carbocycles. The third-order valence-electron chi connectivity index (χ3n) is 5.78. The highest BCUT2D eigenvalue weighted by molar-refractivity contribution is 6.72. The van der Waals surface area contributed by atoms with E-state index in [0.717, 1.165) is 0 Å². The number of aliphatic hydroxyl groups is 2. The maximum Gasteiger partial charge on any atom is 0.261 e. The number of carbonyl (C=O) groups is 2. The minimum Gasteiger partial charge on any atom is -0.396 e. The zero-order valence-corrected chi connectivity index (χ0v) is 17.5. The fraction of sp³-hybridized carbons (Fsp3) is 0.579. The average Bonchev–Trinajstić information content (AvgIpc) is 3.03. The predicted molar refractivity (Wildman–Crippen MR) is 105 cm³/mol. The highest BCUT2D eigenvalue weighted by Crippen LogP contribution is 2.58. The van der Waals surface area contributed by atoms with E-state index in [-0.39, 0.29) is 18.9 Å². The molecule has 1 spiro atoms. The first kappa shape index (κ1) is 20.9. The third-order valence-corrected chi connectivity index (χ3v) is 8.23. The molecule has 9 heteroatoms. The summed E-state index contributed by atoms with van der Waals surface area (Å²) in [6, 6.07) is 4.91. The molecule has 7 nitrogen and oxygen atoms in total. The lowest BCUT2D eigenvalue weighted by molar-refractivity contribution is -0.143. The van der Waals surface area contributed by atoms with E-state index < -0.39 is 43.6 Å². The van der Waals surface area contributed by atoms with Crippen molar-refractivity contribution in [1.82, 2.24) is 0 Å². The highest BCUT2D eigenvalue weighted by atomic mass is 28.4. The van der Waals surface area contributed by atoms with Crippen LogP contribution in [0.3, 0.4) is 0 Å². The van der Waals surface area contributed by atoms with Crippen LogP contribution in [-0.2, 0) is 19.9 Å². The second-order valence-electron chi connectivity index (χ2n) is 8.16. The molecule has 5 atom stereocenters. The van der Waals surface area contributed by atoms with E-state index in [1.807, 2.05) is 6.92 Å². The van der Waals surface area contributed by atoms with Crippen molar-refractivity contribution in [2.24, 2.45) is 5.92 Å². The largest absolute Gasteiger partial charge is 0.396 e. The molecule has 1 fully saturated rings. The molecule has 0 aromatic heterocycles. The third kappa shape index (κ3) is 3.26. The smallest absolute Gasteiger partial charge is 0.261 e. The van der Waals surface area contributed by atoms with Gasteiger partial charge in [0.2, 0.25) is 8.41 Å². The van der Waals surface area contributed by atoms with Crippen LogP contribution >= 0.6 is 0 Å². The van der Waals surface area contributed by atoms with E-state index in [9.17, 15) is 19.8 Å². The molecule has 1 aromatic rings. The molecular weight excluding hydrogens is 383 g/mol. The monoisotopic (exact) mass is 410 g/mol. The lowest BCUT2D eigenvalue weighted by Crippen LogP contribution is -2.42. The number of fused-ring (bicyclic) bond motifs is 2. The molecule has 0 unspecified atom stereocenters. The molecular formula is C19H27FN2O5Si. The Balaban J connectivity index is 2.05. The van der Waals surface area contributed by atoms with Crippen molar-refractivity contribution in [3.8, 4) is 0 Å². The van der Waals surface area contributed by atoms with Gasteiger partial charge in [-0.25, -0.2) is 0 Å². The van der Waals surface area contributed by atoms with Crippen LogP contribution in [0.2, 0.25) is 18.6 Å². The van der Waals surface area contributed by atoms with Crippen molar-refractivity contribution in [3.05, 3.63) is 23.8 Å². The average molecular weight is 411 g/mol. The topological polar surface area (TPSA) is 108 Å². The van der Waals surface area contributed by atoms with Gasteiger partial charge in [0.1, 0.15) is 6.10 Å². The summed E-state index contributed by atoms with van der Waals surface area (Å²) in [5, 5.41) is 24.2. The van der Waals surface area contributed by atoms with Crippen molar-refractivity contribution in [2.75, 3.05) is 17.2 Å². The van der Waals surface area contributed by atoms with E-state index in [0.29, 0.717) is 16.9 Å². The number of nitrogens with one attached hydrogen (secondary N) is 2. The molecule has 2 aliphatic rings. The fourth-order valence-corrected chi connectivity index (χ4v) is 7.13. The van der Waals surface area contributed by atoms with Crippen LogP contribution in [0.25, 0.3) is 0 Å². The van der Waals surface area contributed by atoms with Gasteiger partial charge in [0, 0.05) is 35.0 Å². The zero-order chi connectivity index (χ0) is 20.9. The maximum absolute atomic E-state index is 15.2. The van der Waals surface area contributed by atoms with Crippen molar-refractivity contribution >= 4 is 31.6 Å². The molecule has 2 amide bonds. The predicted octanol–water partition coefficient (Wildman–Crippen LogP) is 2.12. The minimum atomic E-state index is -3.21. The Morgan fingerprint density at radius 3 is 2.71 bits per heavy atom. The van der Waals surface area contributed by atoms with Crippen molar-refractivity contribution in [3.63, 3.8) is 0 Å². The molecule has 1 aromatic carbocycles. The van der Waals surface area contributed by atoms with Crippen LogP contribution in [0.15, 0.2) is 18.2 Å². The summed E-state index contributed by atoms with van der Waals surface area (Å²) >= 11 is 0. The summed E-state index contributed by atoms with van der Waals surface area (Å²) in [5.41, 5.74) is -0.338. The number of ether oxygens (including phenoxy) is 1. The van der Waals surface area contributed by atoms with Gasteiger partial charge in [-0.05, 0) is 44.6 Å². The number of amides is 2. The van der Waals surface area contributed by atoms with Crippen LogP contribution in [0.4, 0.5) is 15.5 Å². The lowest BCUT2D eigenvalue weighted by Gasteiger charge is -2.30. The first-order chi connectivity index (χ1) is 13.0. The molecule has 4 N–H and O–H groups in total. The number of carbonyl (C=O) groups excluding carboxylic acids is 2. The van der Waals surface area contributed by atoms with Gasteiger partial charge >= 0.3 is 0 Å². The summed E-state index contributed by atoms with van der Waals surface area (Å²) < 4.78 is 21.4. The van der Waals surface area contributed by atoms with E-state index in [1.165, 1.54) is 6.92 Å². The van der Waals surface area contributed by atoms with Crippen LogP contribution in [0, 0.1) is 5.92 Å². The van der Waals surface area contributed by atoms with Crippen LogP contribution in [-0.4, -0.2) is 49.2 Å². The van der Waals surface area contributed by atoms with Gasteiger partial charge in [0.25, 0.3) is 11.8 Å². The summed E-state index contributed by atoms with van der Waals surface area (Å²) in [5.74, 6) is -1.38. The Labute approximate surface area is 164 Å². The highest BCUT2D eigenvalue weighted by Gasteiger charge is 2.65. The Hall–Kier alpha value is -1.81. The Kier molecular flexibility index (Phi) is 5.39. The second kappa shape index (κ2) is 7.22. The summed E-state index contributed by atoms with van der Waals surface area (Å²) in [4.78, 5) is 24.8. The molecule has 0 aliphatic carbocycles. The molecule has 3 rings (SSSR count). The molecule has 28 heavy (non-hydrogen) atoms. The van der Waals surface area contributed by atoms with Gasteiger partial charge in [-0.3, -0.25) is 9.59 Å². The van der Waals surface area contributed by atoms with E-state index in [1.54, 1.807) is 31.3 Å². The number of halogens is 1. The number of benzene rings is 1. The van der Waals surface area contributed by atoms with Crippen LogP contribution in [0.1, 0.15) is 25.8 Å². The molecule has 2 aliphatic heterocycles. The first-order valence-electron chi connectivity index (χ1n) is 9.45. The Morgan fingerprint density at radius 1 is 1.46 bits per heavy atom. The van der Waals surface area contributed by atoms with Gasteiger partial charge in [-0.1, -0.05) is 6.92 Å². The van der Waals surface area contributed by atoms with Crippen LogP contribution in [0.5, 0.6) is 0 Å². The van der Waals surface area contributed by atoms with Crippen LogP contribution < -0.4 is 10.6 Å². The van der Waals surface area contributed by atoms with Gasteiger partial charge in [0.05, 0.1) is 6.10 Å². The number of rotatable bonds is 5. The van der Waals surface area contributed by atoms with E-state index in [4.69, 9.17) is 4.74 Å². The van der Waals surface area contributed by atoms with E-state index >= 15 is 4.11 Å². The molecule has 2 heterocycles. The number of aliphatic hydroxyl groups excluding tert-OH is 2. The zero-order valence-electron chi connectivity index (χ0n) is 16.5. The number of hydrogen-bond donors (Lipinski definition) is 4. The van der Waals surface area contributed by atoms with Crippen molar-refractivity contribution < 1.29 is 28.6 Å². The number of hydrogen-bond acceptors (Lipinski definition) is 5. The molecule has 0 radical (unpaired) electrons. The van der Waals surface area contributed by atoms with Gasteiger partial charge in [-0.2, -0.15) is 0 Å². The summed E-state index contributed by atoms with van der Waals surface area (Å²) in [7, 11) is -3.21. The normalized spacial score (nSPS) is 30.2. The SMILES string of the molecule is C[C@H](O)C(=O)Nc1ccc2c(c1)[C@]1(O[C@@H](CCO)[C@H]([Si](C)(C)F)[C@H]1C)C(=O)N2. The van der Waals surface area contributed by atoms with E-state index in [2.05, 4.69) is 10.6 Å². The summed E-state index contributed by atoms with van der Waals surface area (Å²) in [6.45, 7) is 6.19. The van der Waals surface area contributed by atoms with Gasteiger partial charge in [-0.15, -0.1) is 0 Å². The quantitative estimate of drug-likeness (QED) is 0.439. The van der Waals surface area contributed by atoms with Crippen molar-refractivity contribution in [1.29, 1.82) is 0 Å². The second-order valence-corrected chi connectivity index (χ2v) is 12.0. The van der Waals surface area contributed by atoms with Crippen molar-refractivity contribution in [2.45, 2.75) is 56.7 Å². The molecule has 154 valence electrons. The Morgan fingerprint density at radius 2 is 2.14 bits per heavy atom. The fourth-order valence-electron chi connectivity index (χ4n) is 4.59. The molecule has 0 bridgehead atoms. The Bertz CT molecular complexity index is 797. The number of anilines is 2. The maximum atomic E-state index is 15.2. The molecule has 1 saturated heterocycles.